The van der Waals surface area contributed by atoms with Crippen LogP contribution in [-0.4, -0.2) is 23.2 Å². The minimum absolute atomic E-state index is 0.0417. The smallest absolute Gasteiger partial charge is 0.273 e. The Balaban J connectivity index is 2.22. The third kappa shape index (κ3) is 2.42. The van der Waals surface area contributed by atoms with E-state index in [0.717, 1.165) is 12.8 Å². The van der Waals surface area contributed by atoms with Crippen molar-refractivity contribution < 1.29 is 8.42 Å². The Bertz CT molecular complexity index is 784. The van der Waals surface area contributed by atoms with Gasteiger partial charge in [0.25, 0.3) is 15.2 Å². The van der Waals surface area contributed by atoms with Crippen LogP contribution in [0.3, 0.4) is 0 Å². The minimum Gasteiger partial charge on any atom is -0.294 e. The summed E-state index contributed by atoms with van der Waals surface area (Å²) in [5, 5.41) is 13.4. The standard InChI is InChI=1S/C11H10Cl2N4O2S/c12-6-1-4-8(9(13)5-6)10-15-16-11(20(14,18)19)17(10)7-2-3-7/h1,4-5,7H,2-3H2,(H2,14,18,19). The van der Waals surface area contributed by atoms with Gasteiger partial charge < -0.3 is 0 Å². The zero-order chi connectivity index (χ0) is 14.5. The fourth-order valence-corrected chi connectivity index (χ4v) is 3.14. The Morgan fingerprint density at radius 1 is 1.25 bits per heavy atom. The molecule has 2 aromatic rings. The predicted molar refractivity (Wildman–Crippen MR) is 75.1 cm³/mol. The molecular weight excluding hydrogens is 323 g/mol. The van der Waals surface area contributed by atoms with Crippen molar-refractivity contribution in [2.45, 2.75) is 24.0 Å². The number of nitrogens with two attached hydrogens (primary N) is 1. The summed E-state index contributed by atoms with van der Waals surface area (Å²) in [4.78, 5) is 0. The molecular formula is C11H10Cl2N4O2S. The van der Waals surface area contributed by atoms with Gasteiger partial charge in [-0.3, -0.25) is 4.57 Å². The summed E-state index contributed by atoms with van der Waals surface area (Å²) in [6.45, 7) is 0. The van der Waals surface area contributed by atoms with Gasteiger partial charge in [0.2, 0.25) is 0 Å². The Hall–Kier alpha value is -1.15. The highest BCUT2D eigenvalue weighted by molar-refractivity contribution is 7.89. The number of sulfonamides is 1. The number of hydrogen-bond donors (Lipinski definition) is 1. The average molecular weight is 333 g/mol. The van der Waals surface area contributed by atoms with E-state index < -0.39 is 10.0 Å². The lowest BCUT2D eigenvalue weighted by Crippen LogP contribution is -2.18. The Kier molecular flexibility index (Phi) is 3.24. The van der Waals surface area contributed by atoms with Crippen molar-refractivity contribution in [2.75, 3.05) is 0 Å². The maximum atomic E-state index is 11.6. The number of halogens is 2. The summed E-state index contributed by atoms with van der Waals surface area (Å²) in [7, 11) is -3.93. The second-order valence-corrected chi connectivity index (χ2v) is 6.88. The fourth-order valence-electron chi connectivity index (χ4n) is 1.99. The highest BCUT2D eigenvalue weighted by Gasteiger charge is 2.34. The van der Waals surface area contributed by atoms with Crippen molar-refractivity contribution in [1.29, 1.82) is 0 Å². The molecule has 9 heteroatoms. The van der Waals surface area contributed by atoms with Crippen molar-refractivity contribution in [1.82, 2.24) is 14.8 Å². The molecule has 106 valence electrons. The summed E-state index contributed by atoms with van der Waals surface area (Å²) >= 11 is 12.0. The monoisotopic (exact) mass is 332 g/mol. The van der Waals surface area contributed by atoms with Crippen molar-refractivity contribution in [3.05, 3.63) is 28.2 Å². The topological polar surface area (TPSA) is 90.9 Å². The van der Waals surface area contributed by atoms with E-state index in [4.69, 9.17) is 28.3 Å². The Labute approximate surface area is 125 Å². The lowest BCUT2D eigenvalue weighted by atomic mass is 10.2. The van der Waals surface area contributed by atoms with Gasteiger partial charge in [-0.25, -0.2) is 13.6 Å². The minimum atomic E-state index is -3.93. The van der Waals surface area contributed by atoms with Crippen LogP contribution in [0.5, 0.6) is 0 Å². The first-order chi connectivity index (χ1) is 9.38. The van der Waals surface area contributed by atoms with Gasteiger partial charge in [0.15, 0.2) is 5.82 Å². The van der Waals surface area contributed by atoms with E-state index in [9.17, 15) is 8.42 Å². The van der Waals surface area contributed by atoms with Crippen LogP contribution in [0.15, 0.2) is 23.4 Å². The van der Waals surface area contributed by atoms with Gasteiger partial charge in [0, 0.05) is 16.6 Å². The second kappa shape index (κ2) is 4.70. The largest absolute Gasteiger partial charge is 0.294 e. The lowest BCUT2D eigenvalue weighted by molar-refractivity contribution is 0.567. The predicted octanol–water partition coefficient (Wildman–Crippen LogP) is 2.23. The molecule has 1 heterocycles. The molecule has 1 aromatic heterocycles. The number of nitrogens with zero attached hydrogens (tertiary/aromatic N) is 3. The SMILES string of the molecule is NS(=O)(=O)c1nnc(-c2ccc(Cl)cc2Cl)n1C1CC1. The van der Waals surface area contributed by atoms with Crippen LogP contribution in [0.4, 0.5) is 0 Å². The first-order valence-electron chi connectivity index (χ1n) is 5.81. The zero-order valence-electron chi connectivity index (χ0n) is 10.1. The van der Waals surface area contributed by atoms with Gasteiger partial charge in [0.05, 0.1) is 5.02 Å². The van der Waals surface area contributed by atoms with Crippen molar-refractivity contribution >= 4 is 33.2 Å². The van der Waals surface area contributed by atoms with E-state index in [-0.39, 0.29) is 11.2 Å². The molecule has 6 nitrogen and oxygen atoms in total. The highest BCUT2D eigenvalue weighted by Crippen LogP contribution is 2.41. The molecule has 1 aromatic carbocycles. The molecule has 0 amide bonds. The number of hydrogen-bond acceptors (Lipinski definition) is 4. The molecule has 1 fully saturated rings. The van der Waals surface area contributed by atoms with Gasteiger partial charge >= 0.3 is 0 Å². The highest BCUT2D eigenvalue weighted by atomic mass is 35.5. The quantitative estimate of drug-likeness (QED) is 0.932. The van der Waals surface area contributed by atoms with E-state index in [2.05, 4.69) is 10.2 Å². The van der Waals surface area contributed by atoms with Crippen LogP contribution < -0.4 is 5.14 Å². The molecule has 0 bridgehead atoms. The molecule has 0 spiro atoms. The van der Waals surface area contributed by atoms with Gasteiger partial charge in [-0.05, 0) is 31.0 Å². The van der Waals surface area contributed by atoms with Crippen LogP contribution in [0.25, 0.3) is 11.4 Å². The Morgan fingerprint density at radius 3 is 2.50 bits per heavy atom. The summed E-state index contributed by atoms with van der Waals surface area (Å²) in [6.07, 6.45) is 1.72. The molecule has 1 aliphatic carbocycles. The van der Waals surface area contributed by atoms with Gasteiger partial charge in [-0.1, -0.05) is 23.2 Å². The third-order valence-electron chi connectivity index (χ3n) is 3.00. The Morgan fingerprint density at radius 2 is 1.95 bits per heavy atom. The van der Waals surface area contributed by atoms with Crippen LogP contribution in [-0.2, 0) is 10.0 Å². The zero-order valence-corrected chi connectivity index (χ0v) is 12.5. The van der Waals surface area contributed by atoms with Crippen LogP contribution in [0.1, 0.15) is 18.9 Å². The summed E-state index contributed by atoms with van der Waals surface area (Å²) < 4.78 is 24.7. The molecule has 0 radical (unpaired) electrons. The van der Waals surface area contributed by atoms with E-state index in [1.54, 1.807) is 18.2 Å². The average Bonchev–Trinajstić information content (AvgIpc) is 3.07. The van der Waals surface area contributed by atoms with E-state index >= 15 is 0 Å². The number of rotatable bonds is 3. The van der Waals surface area contributed by atoms with Gasteiger partial charge in [0.1, 0.15) is 0 Å². The van der Waals surface area contributed by atoms with Gasteiger partial charge in [-0.2, -0.15) is 0 Å². The molecule has 1 saturated carbocycles. The normalized spacial score (nSPS) is 15.6. The summed E-state index contributed by atoms with van der Waals surface area (Å²) in [6, 6.07) is 4.95. The molecule has 2 N–H and O–H groups in total. The van der Waals surface area contributed by atoms with Gasteiger partial charge in [-0.15, -0.1) is 10.2 Å². The fraction of sp³-hybridized carbons (Fsp3) is 0.273. The molecule has 20 heavy (non-hydrogen) atoms. The van der Waals surface area contributed by atoms with Crippen LogP contribution in [0.2, 0.25) is 10.0 Å². The second-order valence-electron chi connectivity index (χ2n) is 4.58. The number of primary sulfonamides is 1. The number of aromatic nitrogens is 3. The number of benzene rings is 1. The summed E-state index contributed by atoms with van der Waals surface area (Å²) in [5.41, 5.74) is 0.574. The molecule has 0 unspecified atom stereocenters. The van der Waals surface area contributed by atoms with Crippen molar-refractivity contribution in [3.63, 3.8) is 0 Å². The van der Waals surface area contributed by atoms with Crippen LogP contribution in [0, 0.1) is 0 Å². The molecule has 0 aliphatic heterocycles. The molecule has 0 saturated heterocycles. The molecule has 1 aliphatic rings. The maximum absolute atomic E-state index is 11.6. The van der Waals surface area contributed by atoms with E-state index in [0.29, 0.717) is 21.4 Å². The van der Waals surface area contributed by atoms with E-state index in [1.807, 2.05) is 0 Å². The third-order valence-corrected chi connectivity index (χ3v) is 4.34. The first kappa shape index (κ1) is 13.8. The first-order valence-corrected chi connectivity index (χ1v) is 8.11. The van der Waals surface area contributed by atoms with Crippen molar-refractivity contribution in [2.24, 2.45) is 5.14 Å². The summed E-state index contributed by atoms with van der Waals surface area (Å²) in [5.74, 6) is 0.387. The van der Waals surface area contributed by atoms with Crippen molar-refractivity contribution in [3.8, 4) is 11.4 Å². The van der Waals surface area contributed by atoms with Crippen LogP contribution >= 0.6 is 23.2 Å². The molecule has 0 atom stereocenters. The molecule has 3 rings (SSSR count). The lowest BCUT2D eigenvalue weighted by Gasteiger charge is -2.09. The van der Waals surface area contributed by atoms with E-state index in [1.165, 1.54) is 4.57 Å². The maximum Gasteiger partial charge on any atom is 0.273 e.